The zero-order valence-electron chi connectivity index (χ0n) is 15.0. The van der Waals surface area contributed by atoms with Gasteiger partial charge < -0.3 is 20.1 Å². The van der Waals surface area contributed by atoms with Crippen LogP contribution in [0.15, 0.2) is 29.3 Å². The van der Waals surface area contributed by atoms with Gasteiger partial charge in [-0.1, -0.05) is 23.7 Å². The molecule has 1 aliphatic carbocycles. The lowest BCUT2D eigenvalue weighted by molar-refractivity contribution is 0.0347. The van der Waals surface area contributed by atoms with Crippen molar-refractivity contribution in [3.8, 4) is 0 Å². The van der Waals surface area contributed by atoms with Gasteiger partial charge in [-0.25, -0.2) is 0 Å². The second kappa shape index (κ2) is 8.88. The maximum absolute atomic E-state index is 6.10. The normalized spacial score (nSPS) is 27.2. The number of halogens is 1. The molecule has 1 aromatic rings. The van der Waals surface area contributed by atoms with Gasteiger partial charge in [-0.2, -0.15) is 0 Å². The molecule has 0 spiro atoms. The second-order valence-electron chi connectivity index (χ2n) is 6.84. The number of benzene rings is 1. The van der Waals surface area contributed by atoms with Crippen molar-refractivity contribution in [2.45, 2.75) is 50.8 Å². The molecule has 1 heterocycles. The predicted octanol–water partition coefficient (Wildman–Crippen LogP) is 2.95. The first-order valence-electron chi connectivity index (χ1n) is 9.18. The zero-order chi connectivity index (χ0) is 17.6. The summed E-state index contributed by atoms with van der Waals surface area (Å²) in [4.78, 5) is 4.56. The zero-order valence-corrected chi connectivity index (χ0v) is 15.8. The van der Waals surface area contributed by atoms with Crippen molar-refractivity contribution < 1.29 is 9.47 Å². The highest BCUT2D eigenvalue weighted by molar-refractivity contribution is 6.30. The van der Waals surface area contributed by atoms with Crippen LogP contribution in [-0.2, 0) is 9.47 Å². The fourth-order valence-corrected chi connectivity index (χ4v) is 3.33. The van der Waals surface area contributed by atoms with Crippen LogP contribution < -0.4 is 10.6 Å². The van der Waals surface area contributed by atoms with Gasteiger partial charge in [0.25, 0.3) is 0 Å². The van der Waals surface area contributed by atoms with Crippen LogP contribution in [0.25, 0.3) is 0 Å². The maximum atomic E-state index is 6.10. The van der Waals surface area contributed by atoms with Gasteiger partial charge in [-0.3, -0.25) is 4.99 Å². The Bertz CT molecular complexity index is 590. The number of guanidine groups is 1. The third kappa shape index (κ3) is 5.59. The van der Waals surface area contributed by atoms with E-state index in [0.29, 0.717) is 25.2 Å². The Morgan fingerprint density at radius 2 is 2.36 bits per heavy atom. The predicted molar refractivity (Wildman–Crippen MR) is 101 cm³/mol. The average molecular weight is 366 g/mol. The molecule has 2 N–H and O–H groups in total. The molecule has 25 heavy (non-hydrogen) atoms. The first kappa shape index (κ1) is 18.5. The number of hydrogen-bond acceptors (Lipinski definition) is 3. The quantitative estimate of drug-likeness (QED) is 0.576. The highest BCUT2D eigenvalue weighted by atomic mass is 35.5. The lowest BCUT2D eigenvalue weighted by Gasteiger charge is -2.20. The molecule has 1 saturated carbocycles. The van der Waals surface area contributed by atoms with E-state index in [1.54, 1.807) is 0 Å². The lowest BCUT2D eigenvalue weighted by Crippen LogP contribution is -2.45. The summed E-state index contributed by atoms with van der Waals surface area (Å²) in [5.74, 6) is 1.36. The minimum absolute atomic E-state index is 0.196. The maximum Gasteiger partial charge on any atom is 0.191 e. The summed E-state index contributed by atoms with van der Waals surface area (Å²) in [7, 11) is 0. The van der Waals surface area contributed by atoms with Gasteiger partial charge in [0.2, 0.25) is 0 Å². The van der Waals surface area contributed by atoms with Crippen molar-refractivity contribution in [3.05, 3.63) is 34.9 Å². The molecule has 5 nitrogen and oxygen atoms in total. The molecule has 0 amide bonds. The van der Waals surface area contributed by atoms with Crippen LogP contribution in [0.4, 0.5) is 0 Å². The molecule has 4 atom stereocenters. The summed E-state index contributed by atoms with van der Waals surface area (Å²) in [6.45, 7) is 7.08. The van der Waals surface area contributed by atoms with E-state index in [1.165, 1.54) is 5.56 Å². The van der Waals surface area contributed by atoms with Crippen molar-refractivity contribution in [1.29, 1.82) is 0 Å². The van der Waals surface area contributed by atoms with E-state index >= 15 is 0 Å². The van der Waals surface area contributed by atoms with Gasteiger partial charge in [0.05, 0.1) is 19.3 Å². The lowest BCUT2D eigenvalue weighted by atomic mass is 10.1. The Labute approximate surface area is 155 Å². The SMILES string of the molecule is CCN=C(NC(C)COC1CCOC1)NC1CC1c1cccc(Cl)c1. The van der Waals surface area contributed by atoms with Gasteiger partial charge in [-0.15, -0.1) is 0 Å². The number of nitrogens with one attached hydrogen (secondary N) is 2. The third-order valence-corrected chi connectivity index (χ3v) is 4.79. The van der Waals surface area contributed by atoms with Crippen LogP contribution in [-0.4, -0.2) is 50.5 Å². The number of rotatable bonds is 7. The molecular formula is C19H28ClN3O2. The van der Waals surface area contributed by atoms with Gasteiger partial charge in [-0.05, 0) is 44.4 Å². The molecule has 1 aromatic carbocycles. The molecule has 2 aliphatic rings. The van der Waals surface area contributed by atoms with E-state index in [-0.39, 0.29) is 12.1 Å². The topological polar surface area (TPSA) is 54.9 Å². The molecular weight excluding hydrogens is 338 g/mol. The van der Waals surface area contributed by atoms with E-state index in [9.17, 15) is 0 Å². The van der Waals surface area contributed by atoms with E-state index in [2.05, 4.69) is 34.7 Å². The number of nitrogens with zero attached hydrogens (tertiary/aromatic N) is 1. The van der Waals surface area contributed by atoms with Gasteiger partial charge in [0.15, 0.2) is 5.96 Å². The summed E-state index contributed by atoms with van der Waals surface area (Å²) >= 11 is 6.10. The van der Waals surface area contributed by atoms with Gasteiger partial charge in [0.1, 0.15) is 0 Å². The molecule has 4 unspecified atom stereocenters. The van der Waals surface area contributed by atoms with E-state index in [4.69, 9.17) is 21.1 Å². The average Bonchev–Trinajstić information content (AvgIpc) is 3.15. The number of hydrogen-bond donors (Lipinski definition) is 2. The Balaban J connectivity index is 1.46. The van der Waals surface area contributed by atoms with Crippen LogP contribution in [0.1, 0.15) is 38.2 Å². The van der Waals surface area contributed by atoms with Gasteiger partial charge in [0, 0.05) is 36.2 Å². The van der Waals surface area contributed by atoms with Crippen molar-refractivity contribution >= 4 is 17.6 Å². The molecule has 1 aliphatic heterocycles. The number of aliphatic imine (C=N–C) groups is 1. The molecule has 6 heteroatoms. The first-order valence-corrected chi connectivity index (χ1v) is 9.55. The van der Waals surface area contributed by atoms with Crippen LogP contribution in [0.5, 0.6) is 0 Å². The summed E-state index contributed by atoms with van der Waals surface area (Å²) in [5.41, 5.74) is 1.29. The van der Waals surface area contributed by atoms with Crippen molar-refractivity contribution in [1.82, 2.24) is 10.6 Å². The van der Waals surface area contributed by atoms with Crippen LogP contribution in [0.3, 0.4) is 0 Å². The largest absolute Gasteiger partial charge is 0.379 e. The summed E-state index contributed by atoms with van der Waals surface area (Å²) < 4.78 is 11.2. The Kier molecular flexibility index (Phi) is 6.57. The van der Waals surface area contributed by atoms with Crippen LogP contribution >= 0.6 is 11.6 Å². The molecule has 138 valence electrons. The molecule has 3 rings (SSSR count). The fraction of sp³-hybridized carbons (Fsp3) is 0.632. The number of ether oxygens (including phenoxy) is 2. The second-order valence-corrected chi connectivity index (χ2v) is 7.27. The Hall–Kier alpha value is -1.30. The third-order valence-electron chi connectivity index (χ3n) is 4.56. The summed E-state index contributed by atoms with van der Waals surface area (Å²) in [6, 6.07) is 8.73. The van der Waals surface area contributed by atoms with Crippen LogP contribution in [0.2, 0.25) is 5.02 Å². The molecule has 0 radical (unpaired) electrons. The Morgan fingerprint density at radius 1 is 1.48 bits per heavy atom. The van der Waals surface area contributed by atoms with E-state index < -0.39 is 0 Å². The highest BCUT2D eigenvalue weighted by Gasteiger charge is 2.39. The minimum atomic E-state index is 0.196. The fourth-order valence-electron chi connectivity index (χ4n) is 3.13. The van der Waals surface area contributed by atoms with Crippen LogP contribution in [0, 0.1) is 0 Å². The highest BCUT2D eigenvalue weighted by Crippen LogP contribution is 2.41. The van der Waals surface area contributed by atoms with Gasteiger partial charge >= 0.3 is 0 Å². The smallest absolute Gasteiger partial charge is 0.191 e. The standard InChI is InChI=1S/C19H28ClN3O2/c1-3-21-19(22-13(2)11-25-16-7-8-24-12-16)23-18-10-17(18)14-5-4-6-15(20)9-14/h4-6,9,13,16-18H,3,7-8,10-12H2,1-2H3,(H2,21,22,23). The van der Waals surface area contributed by atoms with E-state index in [1.807, 2.05) is 19.1 Å². The first-order chi connectivity index (χ1) is 12.2. The summed E-state index contributed by atoms with van der Waals surface area (Å²) in [5, 5.41) is 7.77. The molecule has 2 fully saturated rings. The van der Waals surface area contributed by atoms with E-state index in [0.717, 1.165) is 37.0 Å². The van der Waals surface area contributed by atoms with Crippen molar-refractivity contribution in [3.63, 3.8) is 0 Å². The molecule has 1 saturated heterocycles. The molecule has 0 bridgehead atoms. The van der Waals surface area contributed by atoms with Crippen molar-refractivity contribution in [2.24, 2.45) is 4.99 Å². The van der Waals surface area contributed by atoms with Crippen molar-refractivity contribution in [2.75, 3.05) is 26.4 Å². The summed E-state index contributed by atoms with van der Waals surface area (Å²) in [6.07, 6.45) is 2.33. The Morgan fingerprint density at radius 3 is 3.08 bits per heavy atom. The minimum Gasteiger partial charge on any atom is -0.379 e. The molecule has 0 aromatic heterocycles. The monoisotopic (exact) mass is 365 g/mol.